The van der Waals surface area contributed by atoms with Gasteiger partial charge in [-0.15, -0.1) is 0 Å². The SMILES string of the molecule is CC(=O)O[C@H]1C[C@H]2OC[C@@]2(O)[C@@H]2[C@@H](OC(=O)c3ccccc3)[C@@]3(C(C)(C)O)C[C@@H](OC(C)=O)C(C)=C3[C@H](OC(C)=O)[C@@H](OC(C)=O)[C@]12C. The Hall–Kier alpha value is -3.81. The molecule has 13 heteroatoms. The highest BCUT2D eigenvalue weighted by atomic mass is 16.6. The maximum Gasteiger partial charge on any atom is 0.338 e. The number of carbonyl (C=O) groups is 5. The molecule has 0 radical (unpaired) electrons. The summed E-state index contributed by atoms with van der Waals surface area (Å²) in [5.41, 5.74) is -6.29. The third kappa shape index (κ3) is 5.49. The van der Waals surface area contributed by atoms with Crippen molar-refractivity contribution in [3.63, 3.8) is 0 Å². The van der Waals surface area contributed by atoms with E-state index in [9.17, 15) is 34.2 Å². The molecule has 0 unspecified atom stereocenters. The van der Waals surface area contributed by atoms with Crippen molar-refractivity contribution in [1.29, 1.82) is 0 Å². The molecule has 1 heterocycles. The maximum absolute atomic E-state index is 14.1. The second kappa shape index (κ2) is 12.3. The van der Waals surface area contributed by atoms with Crippen molar-refractivity contribution in [2.75, 3.05) is 6.61 Å². The molecule has 3 aliphatic carbocycles. The van der Waals surface area contributed by atoms with Gasteiger partial charge in [0.1, 0.15) is 23.9 Å². The van der Waals surface area contributed by atoms with E-state index in [1.165, 1.54) is 27.7 Å². The van der Waals surface area contributed by atoms with Crippen molar-refractivity contribution in [3.8, 4) is 0 Å². The van der Waals surface area contributed by atoms with Crippen LogP contribution in [-0.4, -0.2) is 94.5 Å². The largest absolute Gasteiger partial charge is 0.462 e. The Labute approximate surface area is 278 Å². The van der Waals surface area contributed by atoms with Gasteiger partial charge in [0.25, 0.3) is 0 Å². The maximum atomic E-state index is 14.1. The molecule has 5 rings (SSSR count). The van der Waals surface area contributed by atoms with Crippen molar-refractivity contribution in [1.82, 2.24) is 0 Å². The molecule has 1 aliphatic heterocycles. The van der Waals surface area contributed by atoms with E-state index in [-0.39, 0.29) is 30.6 Å². The van der Waals surface area contributed by atoms with E-state index in [2.05, 4.69) is 0 Å². The van der Waals surface area contributed by atoms with Crippen LogP contribution in [0.25, 0.3) is 0 Å². The summed E-state index contributed by atoms with van der Waals surface area (Å²) in [6, 6.07) is 8.11. The Kier molecular flexibility index (Phi) is 9.07. The van der Waals surface area contributed by atoms with Crippen molar-refractivity contribution in [2.45, 2.75) is 116 Å². The first kappa shape index (κ1) is 35.5. The molecule has 1 saturated heterocycles. The summed E-state index contributed by atoms with van der Waals surface area (Å²) in [5.74, 6) is -4.96. The van der Waals surface area contributed by atoms with Gasteiger partial charge in [0.05, 0.1) is 34.7 Å². The molecule has 1 aromatic rings. The van der Waals surface area contributed by atoms with Gasteiger partial charge in [-0.3, -0.25) is 19.2 Å². The Bertz CT molecular complexity index is 1530. The van der Waals surface area contributed by atoms with Crippen molar-refractivity contribution in [2.24, 2.45) is 16.7 Å². The van der Waals surface area contributed by atoms with Crippen LogP contribution in [0.4, 0.5) is 0 Å². The Morgan fingerprint density at radius 3 is 1.94 bits per heavy atom. The van der Waals surface area contributed by atoms with Crippen LogP contribution in [0, 0.1) is 16.7 Å². The lowest BCUT2D eigenvalue weighted by molar-refractivity contribution is -0.350. The molecular weight excluding hydrogens is 628 g/mol. The van der Waals surface area contributed by atoms with E-state index in [1.54, 1.807) is 44.2 Å². The normalized spacial score (nSPS) is 37.0. The molecule has 262 valence electrons. The lowest BCUT2D eigenvalue weighted by Crippen LogP contribution is -2.78. The van der Waals surface area contributed by atoms with E-state index in [0.29, 0.717) is 5.57 Å². The van der Waals surface area contributed by atoms with Crippen LogP contribution >= 0.6 is 0 Å². The molecular formula is C35H44O13. The van der Waals surface area contributed by atoms with Gasteiger partial charge in [0.15, 0.2) is 12.2 Å². The van der Waals surface area contributed by atoms with E-state index in [1.807, 2.05) is 0 Å². The summed E-state index contributed by atoms with van der Waals surface area (Å²) in [6.45, 7) is 10.8. The Morgan fingerprint density at radius 1 is 0.854 bits per heavy atom. The quantitative estimate of drug-likeness (QED) is 0.245. The monoisotopic (exact) mass is 672 g/mol. The summed E-state index contributed by atoms with van der Waals surface area (Å²) in [6.07, 6.45) is -7.69. The third-order valence-electron chi connectivity index (χ3n) is 10.8. The molecule has 0 bridgehead atoms. The van der Waals surface area contributed by atoms with Crippen molar-refractivity contribution in [3.05, 3.63) is 47.0 Å². The third-order valence-corrected chi connectivity index (χ3v) is 10.8. The number of carbonyl (C=O) groups excluding carboxylic acids is 5. The number of hydrogen-bond acceptors (Lipinski definition) is 13. The van der Waals surface area contributed by atoms with Gasteiger partial charge >= 0.3 is 29.8 Å². The van der Waals surface area contributed by atoms with Crippen LogP contribution in [0.2, 0.25) is 0 Å². The molecule has 48 heavy (non-hydrogen) atoms. The average Bonchev–Trinajstić information content (AvgIpc) is 3.23. The standard InChI is InChI=1S/C35H44O13/c1-17-23(44-18(2)36)15-34(32(6,7)41)26(17)27(46-20(4)38)29(47-21(5)39)33(8)24(45-19(3)37)14-25-35(42,16-43-25)28(33)30(34)48-31(40)22-12-10-9-11-13-22/h9-13,23-25,27-30,41-42H,14-16H2,1-8H3/t23-,24+,25-,27+,28-,29-,30-,33-,34-,35+/m1/s1. The first-order valence-electron chi connectivity index (χ1n) is 16.0. The number of fused-ring (bicyclic) bond motifs is 4. The van der Waals surface area contributed by atoms with Gasteiger partial charge in [-0.1, -0.05) is 25.1 Å². The summed E-state index contributed by atoms with van der Waals surface area (Å²) in [4.78, 5) is 65.1. The zero-order valence-electron chi connectivity index (χ0n) is 28.4. The molecule has 10 atom stereocenters. The minimum absolute atomic E-state index is 0.0311. The smallest absolute Gasteiger partial charge is 0.338 e. The number of hydrogen-bond donors (Lipinski definition) is 2. The minimum Gasteiger partial charge on any atom is -0.462 e. The van der Waals surface area contributed by atoms with Crippen molar-refractivity contribution < 1.29 is 62.6 Å². The number of aliphatic hydroxyl groups is 2. The molecule has 13 nitrogen and oxygen atoms in total. The molecule has 0 aromatic heterocycles. The zero-order valence-corrected chi connectivity index (χ0v) is 28.4. The molecule has 2 saturated carbocycles. The van der Waals surface area contributed by atoms with Crippen LogP contribution in [0.3, 0.4) is 0 Å². The second-order valence-corrected chi connectivity index (χ2v) is 14.1. The Balaban J connectivity index is 1.93. The van der Waals surface area contributed by atoms with Gasteiger partial charge in [0, 0.05) is 46.5 Å². The van der Waals surface area contributed by atoms with E-state index in [0.717, 1.165) is 13.8 Å². The predicted molar refractivity (Wildman–Crippen MR) is 165 cm³/mol. The van der Waals surface area contributed by atoms with Crippen LogP contribution < -0.4 is 0 Å². The van der Waals surface area contributed by atoms with Gasteiger partial charge in [-0.2, -0.15) is 0 Å². The predicted octanol–water partition coefficient (Wildman–Crippen LogP) is 2.59. The first-order valence-corrected chi connectivity index (χ1v) is 16.0. The lowest BCUT2D eigenvalue weighted by Gasteiger charge is -2.64. The molecule has 0 amide bonds. The van der Waals surface area contributed by atoms with Crippen molar-refractivity contribution >= 4 is 29.8 Å². The fraction of sp³-hybridized carbons (Fsp3) is 0.629. The number of ether oxygens (including phenoxy) is 6. The fourth-order valence-corrected chi connectivity index (χ4v) is 8.89. The van der Waals surface area contributed by atoms with Crippen LogP contribution in [0.5, 0.6) is 0 Å². The number of benzene rings is 1. The summed E-state index contributed by atoms with van der Waals surface area (Å²) >= 11 is 0. The summed E-state index contributed by atoms with van der Waals surface area (Å²) in [7, 11) is 0. The summed E-state index contributed by atoms with van der Waals surface area (Å²) < 4.78 is 36.1. The second-order valence-electron chi connectivity index (χ2n) is 14.1. The average molecular weight is 673 g/mol. The van der Waals surface area contributed by atoms with E-state index in [4.69, 9.17) is 28.4 Å². The molecule has 2 N–H and O–H groups in total. The molecule has 3 fully saturated rings. The fourth-order valence-electron chi connectivity index (χ4n) is 8.89. The van der Waals surface area contributed by atoms with Crippen LogP contribution in [0.1, 0.15) is 78.6 Å². The van der Waals surface area contributed by atoms with Crippen LogP contribution in [-0.2, 0) is 47.6 Å². The first-order chi connectivity index (χ1) is 22.3. The molecule has 0 spiro atoms. The van der Waals surface area contributed by atoms with Gasteiger partial charge in [-0.25, -0.2) is 4.79 Å². The number of esters is 5. The highest BCUT2D eigenvalue weighted by Gasteiger charge is 2.79. The van der Waals surface area contributed by atoms with Gasteiger partial charge in [-0.05, 0) is 44.1 Å². The summed E-state index contributed by atoms with van der Waals surface area (Å²) in [5, 5.41) is 25.0. The molecule has 1 aromatic carbocycles. The lowest BCUT2D eigenvalue weighted by atomic mass is 9.49. The highest BCUT2D eigenvalue weighted by Crippen LogP contribution is 2.68. The van der Waals surface area contributed by atoms with E-state index >= 15 is 0 Å². The van der Waals surface area contributed by atoms with Gasteiger partial charge < -0.3 is 38.6 Å². The van der Waals surface area contributed by atoms with Crippen LogP contribution in [0.15, 0.2) is 41.5 Å². The highest BCUT2D eigenvalue weighted by molar-refractivity contribution is 5.89. The molecule has 4 aliphatic rings. The minimum atomic E-state index is -1.85. The zero-order chi connectivity index (χ0) is 35.6. The number of rotatable bonds is 7. The van der Waals surface area contributed by atoms with Gasteiger partial charge in [0.2, 0.25) is 0 Å². The van der Waals surface area contributed by atoms with E-state index < -0.39 is 94.4 Å². The topological polar surface area (TPSA) is 181 Å². The Morgan fingerprint density at radius 2 is 1.44 bits per heavy atom.